The average molecular weight is 462 g/mol. The summed E-state index contributed by atoms with van der Waals surface area (Å²) < 4.78 is 10.9. The minimum absolute atomic E-state index is 0.0364. The van der Waals surface area contributed by atoms with Crippen molar-refractivity contribution in [1.82, 2.24) is 10.6 Å². The first-order valence-electron chi connectivity index (χ1n) is 11.0. The molecule has 1 aliphatic heterocycles. The van der Waals surface area contributed by atoms with Crippen LogP contribution >= 0.6 is 11.6 Å². The Hall–Kier alpha value is -2.44. The van der Waals surface area contributed by atoms with Gasteiger partial charge in [-0.05, 0) is 53.4 Å². The van der Waals surface area contributed by atoms with Gasteiger partial charge in [-0.3, -0.25) is 4.79 Å². The van der Waals surface area contributed by atoms with Crippen molar-refractivity contribution >= 4 is 23.2 Å². The Kier molecular flexibility index (Phi) is 9.22. The summed E-state index contributed by atoms with van der Waals surface area (Å²) in [5, 5.41) is 6.93. The molecule has 1 aliphatic rings. The molecule has 6 nitrogen and oxygen atoms in total. The molecule has 0 bridgehead atoms. The molecule has 1 amide bonds. The maximum atomic E-state index is 12.7. The van der Waals surface area contributed by atoms with Crippen LogP contribution in [0.1, 0.15) is 69.7 Å². The lowest BCUT2D eigenvalue weighted by atomic mass is 9.82. The van der Waals surface area contributed by atoms with Crippen LogP contribution in [0.4, 0.5) is 5.69 Å². The van der Waals surface area contributed by atoms with E-state index in [0.29, 0.717) is 40.7 Å². The average Bonchev–Trinajstić information content (AvgIpc) is 2.73. The minimum atomic E-state index is -0.388. The number of rotatable bonds is 6. The van der Waals surface area contributed by atoms with Gasteiger partial charge in [-0.1, -0.05) is 46.2 Å². The number of carbonyl (C=O) groups excluding carboxylic acids is 1. The largest absolute Gasteiger partial charge is 0.493 e. The van der Waals surface area contributed by atoms with Crippen molar-refractivity contribution in [2.45, 2.75) is 65.1 Å². The molecule has 3 rings (SSSR count). The van der Waals surface area contributed by atoms with Gasteiger partial charge in [0.05, 0.1) is 26.2 Å². The molecule has 2 atom stereocenters. The van der Waals surface area contributed by atoms with Gasteiger partial charge in [-0.2, -0.15) is 0 Å². The SMILES string of the molecule is CC(C)NC(C)C.CCC1C(=O)NC(c2cc(N)ccc2Cl)c2cc(OC)c(OC)cc21. The quantitative estimate of drug-likeness (QED) is 0.524. The van der Waals surface area contributed by atoms with E-state index in [4.69, 9.17) is 26.8 Å². The number of nitrogens with one attached hydrogen (secondary N) is 2. The Morgan fingerprint density at radius 2 is 1.56 bits per heavy atom. The van der Waals surface area contributed by atoms with Crippen molar-refractivity contribution < 1.29 is 14.3 Å². The standard InChI is InChI=1S/C19H21ClN2O3.C6H15N/c1-4-11-12-8-16(24-2)17(25-3)9-13(12)18(22-19(11)23)14-7-10(21)5-6-15(14)20;1-5(2)7-6(3)4/h5-9,11,18H,4,21H2,1-3H3,(H,22,23);5-7H,1-4H3. The van der Waals surface area contributed by atoms with Crippen molar-refractivity contribution in [3.05, 3.63) is 52.0 Å². The molecule has 0 saturated carbocycles. The van der Waals surface area contributed by atoms with Gasteiger partial charge in [-0.15, -0.1) is 0 Å². The van der Waals surface area contributed by atoms with Crippen LogP contribution in [0.2, 0.25) is 5.02 Å². The molecule has 0 saturated heterocycles. The number of nitrogens with two attached hydrogens (primary N) is 1. The summed E-state index contributed by atoms with van der Waals surface area (Å²) in [6, 6.07) is 9.92. The number of fused-ring (bicyclic) bond motifs is 1. The van der Waals surface area contributed by atoms with Crippen molar-refractivity contribution in [1.29, 1.82) is 0 Å². The fourth-order valence-electron chi connectivity index (χ4n) is 4.02. The van der Waals surface area contributed by atoms with E-state index in [1.807, 2.05) is 19.1 Å². The predicted molar refractivity (Wildman–Crippen MR) is 132 cm³/mol. The molecule has 0 fully saturated rings. The number of carbonyl (C=O) groups is 1. The normalized spacial score (nSPS) is 17.4. The zero-order valence-electron chi connectivity index (χ0n) is 20.1. The number of benzene rings is 2. The lowest BCUT2D eigenvalue weighted by Gasteiger charge is -2.33. The highest BCUT2D eigenvalue weighted by Gasteiger charge is 2.35. The molecule has 0 aromatic heterocycles. The summed E-state index contributed by atoms with van der Waals surface area (Å²) in [5.74, 6) is 0.931. The third-order valence-electron chi connectivity index (χ3n) is 5.28. The Balaban J connectivity index is 0.000000451. The molecule has 4 N–H and O–H groups in total. The molecule has 0 aliphatic carbocycles. The first kappa shape index (κ1) is 25.8. The molecule has 2 aromatic rings. The molecule has 176 valence electrons. The zero-order chi connectivity index (χ0) is 24.0. The van der Waals surface area contributed by atoms with Crippen molar-refractivity contribution in [2.75, 3.05) is 20.0 Å². The molecule has 2 unspecified atom stereocenters. The third kappa shape index (κ3) is 6.08. The number of anilines is 1. The molecule has 7 heteroatoms. The van der Waals surface area contributed by atoms with Crippen LogP contribution < -0.4 is 25.8 Å². The van der Waals surface area contributed by atoms with Gasteiger partial charge in [0, 0.05) is 22.8 Å². The van der Waals surface area contributed by atoms with Crippen LogP contribution in [-0.2, 0) is 4.79 Å². The number of methoxy groups -OCH3 is 2. The summed E-state index contributed by atoms with van der Waals surface area (Å²) >= 11 is 6.38. The zero-order valence-corrected chi connectivity index (χ0v) is 20.8. The fraction of sp³-hybridized carbons (Fsp3) is 0.480. The number of ether oxygens (including phenoxy) is 2. The van der Waals surface area contributed by atoms with E-state index in [2.05, 4.69) is 38.3 Å². The van der Waals surface area contributed by atoms with Crippen LogP contribution in [-0.4, -0.2) is 32.2 Å². The van der Waals surface area contributed by atoms with Crippen LogP contribution in [0, 0.1) is 0 Å². The van der Waals surface area contributed by atoms with Gasteiger partial charge < -0.3 is 25.8 Å². The Labute approximate surface area is 196 Å². The van der Waals surface area contributed by atoms with Crippen molar-refractivity contribution in [3.63, 3.8) is 0 Å². The summed E-state index contributed by atoms with van der Waals surface area (Å²) in [6.07, 6.45) is 0.686. The number of halogens is 1. The molecule has 32 heavy (non-hydrogen) atoms. The lowest BCUT2D eigenvalue weighted by Crippen LogP contribution is -2.39. The van der Waals surface area contributed by atoms with E-state index in [1.165, 1.54) is 0 Å². The number of hydrogen-bond acceptors (Lipinski definition) is 5. The molecule has 1 heterocycles. The number of nitrogen functional groups attached to an aromatic ring is 1. The highest BCUT2D eigenvalue weighted by atomic mass is 35.5. The van der Waals surface area contributed by atoms with Gasteiger partial charge in [0.1, 0.15) is 0 Å². The second kappa shape index (κ2) is 11.4. The van der Waals surface area contributed by atoms with Crippen molar-refractivity contribution in [2.24, 2.45) is 0 Å². The maximum absolute atomic E-state index is 12.7. The second-order valence-corrected chi connectivity index (χ2v) is 8.90. The van der Waals surface area contributed by atoms with E-state index in [0.717, 1.165) is 16.7 Å². The van der Waals surface area contributed by atoms with Gasteiger partial charge in [-0.25, -0.2) is 0 Å². The second-order valence-electron chi connectivity index (χ2n) is 8.50. The Morgan fingerprint density at radius 3 is 2.03 bits per heavy atom. The van der Waals surface area contributed by atoms with E-state index in [1.54, 1.807) is 32.4 Å². The number of hydrogen-bond donors (Lipinski definition) is 3. The van der Waals surface area contributed by atoms with Gasteiger partial charge in [0.15, 0.2) is 11.5 Å². The van der Waals surface area contributed by atoms with Crippen LogP contribution in [0.15, 0.2) is 30.3 Å². The van der Waals surface area contributed by atoms with Crippen LogP contribution in [0.5, 0.6) is 11.5 Å². The minimum Gasteiger partial charge on any atom is -0.493 e. The molecular formula is C25H36ClN3O3. The number of amides is 1. The van der Waals surface area contributed by atoms with Crippen molar-refractivity contribution in [3.8, 4) is 11.5 Å². The van der Waals surface area contributed by atoms with Gasteiger partial charge in [0.25, 0.3) is 0 Å². The van der Waals surface area contributed by atoms with Gasteiger partial charge in [0.2, 0.25) is 5.91 Å². The highest BCUT2D eigenvalue weighted by molar-refractivity contribution is 6.31. The van der Waals surface area contributed by atoms with E-state index in [9.17, 15) is 4.79 Å². The molecule has 2 aromatic carbocycles. The molecular weight excluding hydrogens is 426 g/mol. The highest BCUT2D eigenvalue weighted by Crippen LogP contribution is 2.43. The Morgan fingerprint density at radius 1 is 1.00 bits per heavy atom. The first-order valence-corrected chi connectivity index (χ1v) is 11.4. The van der Waals surface area contributed by atoms with E-state index in [-0.39, 0.29) is 17.9 Å². The third-order valence-corrected chi connectivity index (χ3v) is 5.63. The first-order chi connectivity index (χ1) is 15.1. The van der Waals surface area contributed by atoms with E-state index < -0.39 is 0 Å². The summed E-state index contributed by atoms with van der Waals surface area (Å²) in [7, 11) is 3.17. The smallest absolute Gasteiger partial charge is 0.228 e. The Bertz CT molecular complexity index is 925. The molecule has 0 radical (unpaired) electrons. The van der Waals surface area contributed by atoms with E-state index >= 15 is 0 Å². The van der Waals surface area contributed by atoms with Gasteiger partial charge >= 0.3 is 0 Å². The fourth-order valence-corrected chi connectivity index (χ4v) is 4.25. The van der Waals surface area contributed by atoms with Crippen LogP contribution in [0.3, 0.4) is 0 Å². The maximum Gasteiger partial charge on any atom is 0.228 e. The predicted octanol–water partition coefficient (Wildman–Crippen LogP) is 5.05. The summed E-state index contributed by atoms with van der Waals surface area (Å²) in [6.45, 7) is 10.6. The lowest BCUT2D eigenvalue weighted by molar-refractivity contribution is -0.123. The summed E-state index contributed by atoms with van der Waals surface area (Å²) in [5.41, 5.74) is 9.15. The topological polar surface area (TPSA) is 85.6 Å². The summed E-state index contributed by atoms with van der Waals surface area (Å²) in [4.78, 5) is 12.7. The molecule has 0 spiro atoms. The monoisotopic (exact) mass is 461 g/mol. The van der Waals surface area contributed by atoms with Crippen LogP contribution in [0.25, 0.3) is 0 Å².